The second-order valence-electron chi connectivity index (χ2n) is 4.18. The maximum absolute atomic E-state index is 11.6. The third-order valence-corrected chi connectivity index (χ3v) is 2.88. The Hall–Kier alpha value is -0.650. The van der Waals surface area contributed by atoms with Gasteiger partial charge in [0.2, 0.25) is 0 Å². The standard InChI is InChI=1S/C11H19NO4/c13-11(10-7-12-4-6-15-10)16-8-9-3-1-2-5-14-9/h9-10,12H,1-8H2. The van der Waals surface area contributed by atoms with E-state index in [1.165, 1.54) is 0 Å². The SMILES string of the molecule is O=C(OCC1CCCCO1)C1CNCCO1. The minimum absolute atomic E-state index is 0.0780. The highest BCUT2D eigenvalue weighted by Gasteiger charge is 2.24. The minimum Gasteiger partial charge on any atom is -0.461 e. The lowest BCUT2D eigenvalue weighted by molar-refractivity contribution is -0.163. The lowest BCUT2D eigenvalue weighted by Gasteiger charge is -2.25. The summed E-state index contributed by atoms with van der Waals surface area (Å²) < 4.78 is 16.0. The summed E-state index contributed by atoms with van der Waals surface area (Å²) in [6.07, 6.45) is 2.88. The van der Waals surface area contributed by atoms with Gasteiger partial charge in [-0.25, -0.2) is 4.79 Å². The van der Waals surface area contributed by atoms with Gasteiger partial charge in [0.1, 0.15) is 6.61 Å². The largest absolute Gasteiger partial charge is 0.461 e. The van der Waals surface area contributed by atoms with Gasteiger partial charge in [0, 0.05) is 19.7 Å². The maximum Gasteiger partial charge on any atom is 0.336 e. The first kappa shape index (κ1) is 11.8. The fourth-order valence-corrected chi connectivity index (χ4v) is 1.92. The van der Waals surface area contributed by atoms with Crippen molar-refractivity contribution in [1.82, 2.24) is 5.32 Å². The molecule has 0 aromatic heterocycles. The Morgan fingerprint density at radius 1 is 1.31 bits per heavy atom. The van der Waals surface area contributed by atoms with E-state index in [-0.39, 0.29) is 12.1 Å². The molecular formula is C11H19NO4. The van der Waals surface area contributed by atoms with Gasteiger partial charge in [0.15, 0.2) is 6.10 Å². The Balaban J connectivity index is 1.65. The molecule has 2 aliphatic rings. The Morgan fingerprint density at radius 2 is 2.25 bits per heavy atom. The van der Waals surface area contributed by atoms with Crippen LogP contribution in [0.15, 0.2) is 0 Å². The number of ether oxygens (including phenoxy) is 3. The maximum atomic E-state index is 11.6. The molecule has 2 heterocycles. The van der Waals surface area contributed by atoms with Crippen molar-refractivity contribution in [2.75, 3.05) is 32.9 Å². The number of nitrogens with one attached hydrogen (secondary N) is 1. The summed E-state index contributed by atoms with van der Waals surface area (Å²) in [5.74, 6) is -0.277. The van der Waals surface area contributed by atoms with Crippen LogP contribution in [0, 0.1) is 0 Å². The minimum atomic E-state index is -0.447. The normalized spacial score (nSPS) is 31.0. The van der Waals surface area contributed by atoms with Crippen LogP contribution >= 0.6 is 0 Å². The van der Waals surface area contributed by atoms with Gasteiger partial charge in [-0.2, -0.15) is 0 Å². The van der Waals surface area contributed by atoms with Gasteiger partial charge < -0.3 is 19.5 Å². The molecule has 2 fully saturated rings. The van der Waals surface area contributed by atoms with Crippen LogP contribution in [0.3, 0.4) is 0 Å². The summed E-state index contributed by atoms with van der Waals surface area (Å²) in [5, 5.41) is 3.10. The summed E-state index contributed by atoms with van der Waals surface area (Å²) in [7, 11) is 0. The van der Waals surface area contributed by atoms with Crippen molar-refractivity contribution in [2.24, 2.45) is 0 Å². The van der Waals surface area contributed by atoms with Crippen molar-refractivity contribution >= 4 is 5.97 Å². The molecule has 0 saturated carbocycles. The van der Waals surface area contributed by atoms with Crippen LogP contribution < -0.4 is 5.32 Å². The van der Waals surface area contributed by atoms with E-state index in [0.717, 1.165) is 32.4 Å². The highest BCUT2D eigenvalue weighted by atomic mass is 16.6. The summed E-state index contributed by atoms with van der Waals surface area (Å²) >= 11 is 0. The van der Waals surface area contributed by atoms with Crippen molar-refractivity contribution in [3.8, 4) is 0 Å². The average Bonchev–Trinajstić information content (AvgIpc) is 2.38. The Labute approximate surface area is 95.4 Å². The molecule has 2 atom stereocenters. The van der Waals surface area contributed by atoms with Gasteiger partial charge >= 0.3 is 5.97 Å². The molecule has 2 rings (SSSR count). The number of carbonyl (C=O) groups excluding carboxylic acids is 1. The number of morpholine rings is 1. The third-order valence-electron chi connectivity index (χ3n) is 2.88. The van der Waals surface area contributed by atoms with E-state index in [0.29, 0.717) is 19.8 Å². The van der Waals surface area contributed by atoms with Crippen LogP contribution in [0.25, 0.3) is 0 Å². The number of esters is 1. The van der Waals surface area contributed by atoms with Crippen LogP contribution in [0.1, 0.15) is 19.3 Å². The lowest BCUT2D eigenvalue weighted by Crippen LogP contribution is -2.44. The topological polar surface area (TPSA) is 56.8 Å². The molecule has 0 aliphatic carbocycles. The fraction of sp³-hybridized carbons (Fsp3) is 0.909. The molecule has 0 radical (unpaired) electrons. The van der Waals surface area contributed by atoms with Crippen LogP contribution in [0.2, 0.25) is 0 Å². The van der Waals surface area contributed by atoms with Gasteiger partial charge in [-0.05, 0) is 19.3 Å². The molecule has 0 aromatic rings. The van der Waals surface area contributed by atoms with Crippen molar-refractivity contribution in [2.45, 2.75) is 31.5 Å². The first-order valence-electron chi connectivity index (χ1n) is 5.97. The first-order valence-corrected chi connectivity index (χ1v) is 5.97. The predicted molar refractivity (Wildman–Crippen MR) is 57.2 cm³/mol. The molecule has 92 valence electrons. The molecule has 1 N–H and O–H groups in total. The summed E-state index contributed by atoms with van der Waals surface area (Å²) in [6.45, 7) is 3.06. The van der Waals surface area contributed by atoms with Gasteiger partial charge in [-0.3, -0.25) is 0 Å². The fourth-order valence-electron chi connectivity index (χ4n) is 1.92. The van der Waals surface area contributed by atoms with Gasteiger partial charge in [0.05, 0.1) is 12.7 Å². The van der Waals surface area contributed by atoms with Crippen LogP contribution in [0.4, 0.5) is 0 Å². The number of carbonyl (C=O) groups is 1. The van der Waals surface area contributed by atoms with E-state index < -0.39 is 6.10 Å². The van der Waals surface area contributed by atoms with Crippen LogP contribution in [-0.2, 0) is 19.0 Å². The molecule has 0 amide bonds. The first-order chi connectivity index (χ1) is 7.86. The Bertz CT molecular complexity index is 222. The molecule has 5 nitrogen and oxygen atoms in total. The molecular weight excluding hydrogens is 210 g/mol. The monoisotopic (exact) mass is 229 g/mol. The molecule has 0 bridgehead atoms. The zero-order chi connectivity index (χ0) is 11.2. The van der Waals surface area contributed by atoms with E-state index >= 15 is 0 Å². The molecule has 16 heavy (non-hydrogen) atoms. The third kappa shape index (κ3) is 3.43. The quantitative estimate of drug-likeness (QED) is 0.695. The smallest absolute Gasteiger partial charge is 0.336 e. The molecule has 2 unspecified atom stereocenters. The Morgan fingerprint density at radius 3 is 2.94 bits per heavy atom. The van der Waals surface area contributed by atoms with E-state index in [9.17, 15) is 4.79 Å². The molecule has 0 aromatic carbocycles. The molecule has 2 saturated heterocycles. The zero-order valence-electron chi connectivity index (χ0n) is 9.44. The predicted octanol–water partition coefficient (Wildman–Crippen LogP) is 0.0871. The summed E-state index contributed by atoms with van der Waals surface area (Å²) in [4.78, 5) is 11.6. The lowest BCUT2D eigenvalue weighted by atomic mass is 10.1. The van der Waals surface area contributed by atoms with Crippen molar-refractivity contribution < 1.29 is 19.0 Å². The Kier molecular flexibility index (Phi) is 4.56. The zero-order valence-corrected chi connectivity index (χ0v) is 9.44. The number of hydrogen-bond acceptors (Lipinski definition) is 5. The number of rotatable bonds is 3. The van der Waals surface area contributed by atoms with Crippen LogP contribution in [0.5, 0.6) is 0 Å². The highest BCUT2D eigenvalue weighted by molar-refractivity contribution is 5.75. The summed E-state index contributed by atoms with van der Waals surface area (Å²) in [5.41, 5.74) is 0. The molecule has 5 heteroatoms. The van der Waals surface area contributed by atoms with E-state index in [1.807, 2.05) is 0 Å². The van der Waals surface area contributed by atoms with Crippen molar-refractivity contribution in [3.05, 3.63) is 0 Å². The van der Waals surface area contributed by atoms with Crippen LogP contribution in [-0.4, -0.2) is 51.1 Å². The van der Waals surface area contributed by atoms with E-state index in [4.69, 9.17) is 14.2 Å². The second-order valence-corrected chi connectivity index (χ2v) is 4.18. The van der Waals surface area contributed by atoms with E-state index in [1.54, 1.807) is 0 Å². The van der Waals surface area contributed by atoms with Gasteiger partial charge in [-0.1, -0.05) is 0 Å². The van der Waals surface area contributed by atoms with Gasteiger partial charge in [0.25, 0.3) is 0 Å². The van der Waals surface area contributed by atoms with Crippen molar-refractivity contribution in [3.63, 3.8) is 0 Å². The average molecular weight is 229 g/mol. The van der Waals surface area contributed by atoms with Crippen molar-refractivity contribution in [1.29, 1.82) is 0 Å². The summed E-state index contributed by atoms with van der Waals surface area (Å²) in [6, 6.07) is 0. The number of hydrogen-bond donors (Lipinski definition) is 1. The highest BCUT2D eigenvalue weighted by Crippen LogP contribution is 2.13. The van der Waals surface area contributed by atoms with E-state index in [2.05, 4.69) is 5.32 Å². The molecule has 2 aliphatic heterocycles. The van der Waals surface area contributed by atoms with Gasteiger partial charge in [-0.15, -0.1) is 0 Å². The molecule has 0 spiro atoms. The second kappa shape index (κ2) is 6.18.